The molecule has 0 aliphatic rings. The summed E-state index contributed by atoms with van der Waals surface area (Å²) in [5, 5.41) is 14.0. The largest absolute Gasteiger partial charge is 0.355 e. The van der Waals surface area contributed by atoms with Crippen LogP contribution in [0.3, 0.4) is 0 Å². The van der Waals surface area contributed by atoms with Crippen LogP contribution in [0, 0.1) is 6.92 Å². The van der Waals surface area contributed by atoms with Gasteiger partial charge in [-0.05, 0) is 30.7 Å². The van der Waals surface area contributed by atoms with E-state index in [1.54, 1.807) is 29.9 Å². The fourth-order valence-corrected chi connectivity index (χ4v) is 3.02. The Bertz CT molecular complexity index is 1260. The Kier molecular flexibility index (Phi) is 5.20. The third-order valence-corrected chi connectivity index (χ3v) is 4.71. The highest BCUT2D eigenvalue weighted by Crippen LogP contribution is 2.27. The summed E-state index contributed by atoms with van der Waals surface area (Å²) in [6.45, 7) is 1.74. The van der Waals surface area contributed by atoms with Crippen LogP contribution in [0.5, 0.6) is 0 Å². The van der Waals surface area contributed by atoms with Crippen molar-refractivity contribution in [2.75, 3.05) is 16.5 Å². The van der Waals surface area contributed by atoms with Crippen LogP contribution in [0.4, 0.5) is 11.4 Å². The van der Waals surface area contributed by atoms with Gasteiger partial charge in [-0.25, -0.2) is 0 Å². The van der Waals surface area contributed by atoms with E-state index in [1.807, 2.05) is 25.4 Å². The monoisotopic (exact) mass is 424 g/mol. The van der Waals surface area contributed by atoms with Crippen molar-refractivity contribution in [2.45, 2.75) is 6.92 Å². The zero-order valence-electron chi connectivity index (χ0n) is 16.1. The van der Waals surface area contributed by atoms with Gasteiger partial charge in [-0.15, -0.1) is 11.6 Å². The van der Waals surface area contributed by atoms with Gasteiger partial charge in [0.2, 0.25) is 5.91 Å². The summed E-state index contributed by atoms with van der Waals surface area (Å²) < 4.78 is 7.08. The number of amides is 2. The summed E-state index contributed by atoms with van der Waals surface area (Å²) in [5.74, 6) is -0.998. The first-order chi connectivity index (χ1) is 14.4. The second kappa shape index (κ2) is 7.96. The van der Waals surface area contributed by atoms with Gasteiger partial charge in [0, 0.05) is 18.8 Å². The van der Waals surface area contributed by atoms with E-state index < -0.39 is 5.91 Å². The molecule has 4 aromatic rings. The van der Waals surface area contributed by atoms with E-state index in [0.29, 0.717) is 28.0 Å². The van der Waals surface area contributed by atoms with Gasteiger partial charge in [0.25, 0.3) is 5.91 Å². The van der Waals surface area contributed by atoms with Crippen molar-refractivity contribution < 1.29 is 14.1 Å². The molecule has 0 spiro atoms. The molecule has 9 nitrogen and oxygen atoms in total. The molecule has 30 heavy (non-hydrogen) atoms. The van der Waals surface area contributed by atoms with Crippen molar-refractivity contribution in [2.24, 2.45) is 7.05 Å². The Morgan fingerprint density at radius 2 is 2.00 bits per heavy atom. The van der Waals surface area contributed by atoms with Crippen LogP contribution in [0.2, 0.25) is 0 Å². The number of benzene rings is 1. The molecule has 3 aromatic heterocycles. The van der Waals surface area contributed by atoms with E-state index in [4.69, 9.17) is 16.1 Å². The average molecular weight is 425 g/mol. The molecule has 0 aliphatic heterocycles. The Morgan fingerprint density at radius 1 is 1.17 bits per heavy atom. The highest BCUT2D eigenvalue weighted by molar-refractivity contribution is 6.29. The van der Waals surface area contributed by atoms with Crippen LogP contribution in [0.1, 0.15) is 16.2 Å². The molecular weight excluding hydrogens is 408 g/mol. The SMILES string of the molecule is Cc1ncc(NC(=O)CCl)cc1NC(=O)c1noc2cc(-c3cnn(C)c3)ccc12. The maximum Gasteiger partial charge on any atom is 0.278 e. The maximum absolute atomic E-state index is 12.8. The van der Waals surface area contributed by atoms with Gasteiger partial charge < -0.3 is 15.2 Å². The van der Waals surface area contributed by atoms with E-state index in [2.05, 4.69) is 25.9 Å². The van der Waals surface area contributed by atoms with Crippen molar-refractivity contribution in [1.29, 1.82) is 0 Å². The minimum Gasteiger partial charge on any atom is -0.355 e. The van der Waals surface area contributed by atoms with Crippen molar-refractivity contribution in [1.82, 2.24) is 19.9 Å². The highest BCUT2D eigenvalue weighted by atomic mass is 35.5. The van der Waals surface area contributed by atoms with Crippen LogP contribution in [-0.2, 0) is 11.8 Å². The Balaban J connectivity index is 1.59. The molecule has 0 atom stereocenters. The van der Waals surface area contributed by atoms with E-state index in [0.717, 1.165) is 11.1 Å². The molecule has 2 N–H and O–H groups in total. The zero-order valence-corrected chi connectivity index (χ0v) is 16.9. The van der Waals surface area contributed by atoms with Gasteiger partial charge in [-0.2, -0.15) is 5.10 Å². The normalized spacial score (nSPS) is 10.9. The van der Waals surface area contributed by atoms with Gasteiger partial charge in [0.15, 0.2) is 11.3 Å². The van der Waals surface area contributed by atoms with Crippen LogP contribution >= 0.6 is 11.6 Å². The molecule has 0 fully saturated rings. The number of hydrogen-bond donors (Lipinski definition) is 2. The van der Waals surface area contributed by atoms with Gasteiger partial charge in [0.1, 0.15) is 5.88 Å². The number of nitrogens with one attached hydrogen (secondary N) is 2. The molecule has 0 bridgehead atoms. The number of carbonyl (C=O) groups is 2. The number of fused-ring (bicyclic) bond motifs is 1. The summed E-state index contributed by atoms with van der Waals surface area (Å²) >= 11 is 5.51. The molecule has 4 rings (SSSR count). The molecule has 0 saturated carbocycles. The number of anilines is 2. The summed E-state index contributed by atoms with van der Waals surface area (Å²) in [5.41, 5.74) is 3.92. The molecule has 10 heteroatoms. The fourth-order valence-electron chi connectivity index (χ4n) is 2.96. The van der Waals surface area contributed by atoms with Crippen LogP contribution in [-0.4, -0.2) is 37.6 Å². The molecular formula is C20H17ClN6O3. The predicted octanol–water partition coefficient (Wildman–Crippen LogP) is 3.36. The van der Waals surface area contributed by atoms with Crippen LogP contribution in [0.15, 0.2) is 47.4 Å². The number of alkyl halides is 1. The van der Waals surface area contributed by atoms with Crippen molar-refractivity contribution >= 4 is 45.8 Å². The van der Waals surface area contributed by atoms with Crippen LogP contribution < -0.4 is 10.6 Å². The standard InChI is InChI=1S/C20H17ClN6O3/c1-11-16(6-14(9-22-11)24-18(28)7-21)25-20(29)19-15-4-3-12(5-17(15)30-26-19)13-8-23-27(2)10-13/h3-6,8-10H,7H2,1-2H3,(H,24,28)(H,25,29). The number of aryl methyl sites for hydroxylation is 2. The molecule has 0 aliphatic carbocycles. The van der Waals surface area contributed by atoms with E-state index in [1.165, 1.54) is 6.20 Å². The minimum absolute atomic E-state index is 0.150. The van der Waals surface area contributed by atoms with E-state index >= 15 is 0 Å². The number of nitrogens with zero attached hydrogens (tertiary/aromatic N) is 4. The average Bonchev–Trinajstić information content (AvgIpc) is 3.36. The number of rotatable bonds is 5. The van der Waals surface area contributed by atoms with Crippen LogP contribution in [0.25, 0.3) is 22.1 Å². The van der Waals surface area contributed by atoms with E-state index in [9.17, 15) is 9.59 Å². The first kappa shape index (κ1) is 19.6. The lowest BCUT2D eigenvalue weighted by Gasteiger charge is -2.09. The predicted molar refractivity (Wildman–Crippen MR) is 112 cm³/mol. The molecule has 2 amide bonds. The second-order valence-electron chi connectivity index (χ2n) is 6.64. The summed E-state index contributed by atoms with van der Waals surface area (Å²) in [4.78, 5) is 28.5. The first-order valence-electron chi connectivity index (χ1n) is 8.97. The summed E-state index contributed by atoms with van der Waals surface area (Å²) in [7, 11) is 1.84. The molecule has 1 aromatic carbocycles. The van der Waals surface area contributed by atoms with Crippen molar-refractivity contribution in [3.63, 3.8) is 0 Å². The topological polar surface area (TPSA) is 115 Å². The number of carbonyl (C=O) groups excluding carboxylic acids is 2. The zero-order chi connectivity index (χ0) is 21.3. The quantitative estimate of drug-likeness (QED) is 0.475. The van der Waals surface area contributed by atoms with Crippen molar-refractivity contribution in [3.05, 3.63) is 54.2 Å². The third kappa shape index (κ3) is 3.87. The first-order valence-corrected chi connectivity index (χ1v) is 9.50. The number of halogens is 1. The smallest absolute Gasteiger partial charge is 0.278 e. The Morgan fingerprint density at radius 3 is 2.73 bits per heavy atom. The number of aromatic nitrogens is 4. The Hall–Kier alpha value is -3.72. The van der Waals surface area contributed by atoms with E-state index in [-0.39, 0.29) is 17.5 Å². The van der Waals surface area contributed by atoms with Gasteiger partial charge in [-0.3, -0.25) is 19.3 Å². The third-order valence-electron chi connectivity index (χ3n) is 4.47. The lowest BCUT2D eigenvalue weighted by Crippen LogP contribution is -2.16. The maximum atomic E-state index is 12.8. The molecule has 0 unspecified atom stereocenters. The number of hydrogen-bond acceptors (Lipinski definition) is 6. The van der Waals surface area contributed by atoms with Gasteiger partial charge >= 0.3 is 0 Å². The number of pyridine rings is 1. The summed E-state index contributed by atoms with van der Waals surface area (Å²) in [6, 6.07) is 7.08. The minimum atomic E-state index is -0.450. The molecule has 0 radical (unpaired) electrons. The molecule has 152 valence electrons. The van der Waals surface area contributed by atoms with Gasteiger partial charge in [0.05, 0.1) is 34.8 Å². The fraction of sp³-hybridized carbons (Fsp3) is 0.150. The highest BCUT2D eigenvalue weighted by Gasteiger charge is 2.18. The molecule has 0 saturated heterocycles. The van der Waals surface area contributed by atoms with Crippen molar-refractivity contribution in [3.8, 4) is 11.1 Å². The second-order valence-corrected chi connectivity index (χ2v) is 6.90. The lowest BCUT2D eigenvalue weighted by atomic mass is 10.1. The molecule has 3 heterocycles. The Labute approximate surface area is 176 Å². The van der Waals surface area contributed by atoms with Gasteiger partial charge in [-0.1, -0.05) is 11.2 Å². The lowest BCUT2D eigenvalue weighted by molar-refractivity contribution is -0.113. The summed E-state index contributed by atoms with van der Waals surface area (Å²) in [6.07, 6.45) is 5.12.